The van der Waals surface area contributed by atoms with Gasteiger partial charge in [-0.2, -0.15) is 4.98 Å². The Morgan fingerprint density at radius 1 is 1.35 bits per heavy atom. The highest BCUT2D eigenvalue weighted by Gasteiger charge is 2.25. The van der Waals surface area contributed by atoms with Crippen LogP contribution in [0, 0.1) is 0 Å². The highest BCUT2D eigenvalue weighted by atomic mass is 35.5. The summed E-state index contributed by atoms with van der Waals surface area (Å²) in [5.74, 6) is 0.0803. The van der Waals surface area contributed by atoms with Crippen LogP contribution in [0.5, 0.6) is 5.88 Å². The SMILES string of the molecule is O=c1[nH]c(-c2ncccc2Cl)nc(O)c1C1CCCC1. The summed E-state index contributed by atoms with van der Waals surface area (Å²) in [6.07, 6.45) is 5.56. The molecule has 0 aliphatic heterocycles. The Morgan fingerprint density at radius 2 is 2.10 bits per heavy atom. The maximum atomic E-state index is 12.2. The summed E-state index contributed by atoms with van der Waals surface area (Å²) in [5.41, 5.74) is 0.443. The van der Waals surface area contributed by atoms with Crippen LogP contribution in [-0.2, 0) is 0 Å². The van der Waals surface area contributed by atoms with E-state index in [-0.39, 0.29) is 23.2 Å². The van der Waals surface area contributed by atoms with Crippen molar-refractivity contribution in [1.82, 2.24) is 15.0 Å². The van der Waals surface area contributed by atoms with E-state index in [1.54, 1.807) is 18.3 Å². The van der Waals surface area contributed by atoms with Gasteiger partial charge in [0, 0.05) is 6.20 Å². The van der Waals surface area contributed by atoms with E-state index >= 15 is 0 Å². The van der Waals surface area contributed by atoms with E-state index in [0.29, 0.717) is 16.3 Å². The zero-order valence-corrected chi connectivity index (χ0v) is 11.5. The molecule has 1 aliphatic rings. The van der Waals surface area contributed by atoms with Crippen LogP contribution in [0.15, 0.2) is 23.1 Å². The van der Waals surface area contributed by atoms with E-state index in [0.717, 1.165) is 25.7 Å². The summed E-state index contributed by atoms with van der Waals surface area (Å²) in [6.45, 7) is 0. The molecule has 2 heterocycles. The zero-order chi connectivity index (χ0) is 14.1. The van der Waals surface area contributed by atoms with Gasteiger partial charge in [0.25, 0.3) is 5.56 Å². The second-order valence-electron chi connectivity index (χ2n) is 4.97. The van der Waals surface area contributed by atoms with E-state index in [1.165, 1.54) is 0 Å². The summed E-state index contributed by atoms with van der Waals surface area (Å²) in [4.78, 5) is 23.0. The van der Waals surface area contributed by atoms with Crippen LogP contribution in [0.3, 0.4) is 0 Å². The quantitative estimate of drug-likeness (QED) is 0.892. The fourth-order valence-corrected chi connectivity index (χ4v) is 2.94. The van der Waals surface area contributed by atoms with Crippen LogP contribution < -0.4 is 5.56 Å². The van der Waals surface area contributed by atoms with Crippen molar-refractivity contribution < 1.29 is 5.11 Å². The third kappa shape index (κ3) is 2.29. The van der Waals surface area contributed by atoms with Gasteiger partial charge in [0.05, 0.1) is 10.6 Å². The number of hydrogen-bond acceptors (Lipinski definition) is 4. The molecule has 2 aromatic heterocycles. The predicted molar refractivity (Wildman–Crippen MR) is 76.0 cm³/mol. The fourth-order valence-electron chi connectivity index (χ4n) is 2.73. The highest BCUT2D eigenvalue weighted by molar-refractivity contribution is 6.32. The Labute approximate surface area is 120 Å². The molecule has 0 amide bonds. The summed E-state index contributed by atoms with van der Waals surface area (Å²) >= 11 is 6.02. The number of hydrogen-bond donors (Lipinski definition) is 2. The highest BCUT2D eigenvalue weighted by Crippen LogP contribution is 2.36. The minimum Gasteiger partial charge on any atom is -0.493 e. The lowest BCUT2D eigenvalue weighted by molar-refractivity contribution is 0.436. The normalized spacial score (nSPS) is 15.7. The first kappa shape index (κ1) is 13.1. The third-order valence-corrected chi connectivity index (χ3v) is 3.99. The van der Waals surface area contributed by atoms with Crippen molar-refractivity contribution in [3.05, 3.63) is 39.3 Å². The molecule has 5 nitrogen and oxygen atoms in total. The molecule has 2 aromatic rings. The molecular weight excluding hydrogens is 278 g/mol. The molecule has 0 aromatic carbocycles. The van der Waals surface area contributed by atoms with E-state index in [1.807, 2.05) is 0 Å². The Hall–Kier alpha value is -1.88. The summed E-state index contributed by atoms with van der Waals surface area (Å²) in [7, 11) is 0. The molecular formula is C14H14ClN3O2. The van der Waals surface area contributed by atoms with Crippen molar-refractivity contribution in [3.63, 3.8) is 0 Å². The number of nitrogens with zero attached hydrogens (tertiary/aromatic N) is 2. The second kappa shape index (κ2) is 5.25. The first-order valence-corrected chi connectivity index (χ1v) is 6.98. The molecule has 0 unspecified atom stereocenters. The predicted octanol–water partition coefficient (Wildman–Crippen LogP) is 2.85. The van der Waals surface area contributed by atoms with Gasteiger partial charge in [-0.05, 0) is 30.9 Å². The number of H-pyrrole nitrogens is 1. The maximum Gasteiger partial charge on any atom is 0.258 e. The summed E-state index contributed by atoms with van der Waals surface area (Å²) in [6, 6.07) is 3.35. The van der Waals surface area contributed by atoms with Gasteiger partial charge < -0.3 is 10.1 Å². The minimum absolute atomic E-state index is 0.0968. The zero-order valence-electron chi connectivity index (χ0n) is 10.8. The lowest BCUT2D eigenvalue weighted by Gasteiger charge is -2.11. The van der Waals surface area contributed by atoms with E-state index in [9.17, 15) is 9.90 Å². The molecule has 1 fully saturated rings. The number of rotatable bonds is 2. The Bertz CT molecular complexity index is 693. The Balaban J connectivity index is 2.08. The molecule has 20 heavy (non-hydrogen) atoms. The van der Waals surface area contributed by atoms with Crippen LogP contribution in [0.25, 0.3) is 11.5 Å². The molecule has 104 valence electrons. The van der Waals surface area contributed by atoms with Gasteiger partial charge in [-0.15, -0.1) is 0 Å². The second-order valence-corrected chi connectivity index (χ2v) is 5.37. The monoisotopic (exact) mass is 291 g/mol. The van der Waals surface area contributed by atoms with Crippen LogP contribution >= 0.6 is 11.6 Å². The molecule has 0 bridgehead atoms. The molecule has 0 spiro atoms. The maximum absolute atomic E-state index is 12.2. The van der Waals surface area contributed by atoms with Gasteiger partial charge >= 0.3 is 0 Å². The van der Waals surface area contributed by atoms with E-state index in [2.05, 4.69) is 15.0 Å². The number of halogens is 1. The molecule has 1 saturated carbocycles. The third-order valence-electron chi connectivity index (χ3n) is 3.68. The standard InChI is InChI=1S/C14H14ClN3O2/c15-9-6-3-7-16-11(9)12-17-13(19)10(14(20)18-12)8-4-1-2-5-8/h3,6-8H,1-2,4-5H2,(H2,17,18,19,20). The smallest absolute Gasteiger partial charge is 0.258 e. The Morgan fingerprint density at radius 3 is 2.75 bits per heavy atom. The van der Waals surface area contributed by atoms with E-state index in [4.69, 9.17) is 11.6 Å². The van der Waals surface area contributed by atoms with Gasteiger partial charge in [-0.1, -0.05) is 24.4 Å². The molecule has 3 rings (SSSR count). The topological polar surface area (TPSA) is 78.9 Å². The molecule has 1 aliphatic carbocycles. The lowest BCUT2D eigenvalue weighted by atomic mass is 10.00. The summed E-state index contributed by atoms with van der Waals surface area (Å²) in [5, 5.41) is 10.5. The van der Waals surface area contributed by atoms with Gasteiger partial charge in [0.1, 0.15) is 5.69 Å². The number of aromatic amines is 1. The van der Waals surface area contributed by atoms with Gasteiger partial charge in [0.2, 0.25) is 5.88 Å². The van der Waals surface area contributed by atoms with Crippen LogP contribution in [0.1, 0.15) is 37.2 Å². The minimum atomic E-state index is -0.305. The molecule has 2 N–H and O–H groups in total. The lowest BCUT2D eigenvalue weighted by Crippen LogP contribution is -2.17. The Kier molecular flexibility index (Phi) is 3.44. The molecule has 0 saturated heterocycles. The fraction of sp³-hybridized carbons (Fsp3) is 0.357. The number of nitrogens with one attached hydrogen (secondary N) is 1. The van der Waals surface area contributed by atoms with Crippen LogP contribution in [0.2, 0.25) is 5.02 Å². The van der Waals surface area contributed by atoms with Gasteiger partial charge in [-0.3, -0.25) is 9.78 Å². The number of aromatic hydroxyl groups is 1. The van der Waals surface area contributed by atoms with Crippen molar-refractivity contribution in [2.75, 3.05) is 0 Å². The van der Waals surface area contributed by atoms with Gasteiger partial charge in [-0.25, -0.2) is 0 Å². The van der Waals surface area contributed by atoms with Crippen LogP contribution in [-0.4, -0.2) is 20.1 Å². The van der Waals surface area contributed by atoms with Gasteiger partial charge in [0.15, 0.2) is 5.82 Å². The van der Waals surface area contributed by atoms with Crippen molar-refractivity contribution >= 4 is 11.6 Å². The molecule has 6 heteroatoms. The van der Waals surface area contributed by atoms with E-state index < -0.39 is 0 Å². The average Bonchev–Trinajstić information content (AvgIpc) is 2.92. The average molecular weight is 292 g/mol. The largest absolute Gasteiger partial charge is 0.493 e. The van der Waals surface area contributed by atoms with Crippen molar-refractivity contribution in [2.24, 2.45) is 0 Å². The molecule has 0 atom stereocenters. The summed E-state index contributed by atoms with van der Waals surface area (Å²) < 4.78 is 0. The molecule has 0 radical (unpaired) electrons. The first-order valence-electron chi connectivity index (χ1n) is 6.61. The number of aromatic nitrogens is 3. The van der Waals surface area contributed by atoms with Crippen molar-refractivity contribution in [2.45, 2.75) is 31.6 Å². The van der Waals surface area contributed by atoms with Crippen molar-refractivity contribution in [3.8, 4) is 17.4 Å². The van der Waals surface area contributed by atoms with Crippen LogP contribution in [0.4, 0.5) is 0 Å². The first-order chi connectivity index (χ1) is 9.66. The number of pyridine rings is 1. The van der Waals surface area contributed by atoms with Crippen molar-refractivity contribution in [1.29, 1.82) is 0 Å².